The summed E-state index contributed by atoms with van der Waals surface area (Å²) in [6.07, 6.45) is 0.820. The number of aliphatic carboxylic acids is 1. The van der Waals surface area contributed by atoms with Gasteiger partial charge < -0.3 is 20.1 Å². The van der Waals surface area contributed by atoms with Gasteiger partial charge in [-0.3, -0.25) is 0 Å². The van der Waals surface area contributed by atoms with Gasteiger partial charge >= 0.3 is 12.1 Å². The smallest absolute Gasteiger partial charge is 0.408 e. The number of amides is 1. The molecule has 2 rings (SSSR count). The highest BCUT2D eigenvalue weighted by Gasteiger charge is 2.27. The molecule has 0 spiro atoms. The van der Waals surface area contributed by atoms with Crippen LogP contribution in [0.4, 0.5) is 4.79 Å². The number of aromatic nitrogens is 1. The van der Waals surface area contributed by atoms with Crippen LogP contribution in [-0.4, -0.2) is 27.8 Å². The molecule has 0 aliphatic heterocycles. The molecule has 0 bridgehead atoms. The Balaban J connectivity index is 2.28. The van der Waals surface area contributed by atoms with Gasteiger partial charge in [0.05, 0.1) is 0 Å². The van der Waals surface area contributed by atoms with E-state index < -0.39 is 23.7 Å². The molecule has 21 heavy (non-hydrogen) atoms. The van der Waals surface area contributed by atoms with Gasteiger partial charge in [0.15, 0.2) is 6.04 Å². The van der Waals surface area contributed by atoms with Gasteiger partial charge in [0.25, 0.3) is 0 Å². The highest BCUT2D eigenvalue weighted by molar-refractivity contribution is 5.90. The number of alkyl carbamates (subject to hydrolysis) is 1. The monoisotopic (exact) mass is 290 g/mol. The minimum Gasteiger partial charge on any atom is -0.479 e. The summed E-state index contributed by atoms with van der Waals surface area (Å²) in [7, 11) is 0. The van der Waals surface area contributed by atoms with E-state index in [0.29, 0.717) is 5.56 Å². The number of hydrogen-bond donors (Lipinski definition) is 3. The Morgan fingerprint density at radius 2 is 1.95 bits per heavy atom. The first-order valence-corrected chi connectivity index (χ1v) is 6.56. The number of aromatic amines is 1. The SMILES string of the molecule is CC(C)(C)OC(=O)NC(C(=O)O)c1c[nH]c2ccccc12. The van der Waals surface area contributed by atoms with Crippen LogP contribution in [-0.2, 0) is 9.53 Å². The summed E-state index contributed by atoms with van der Waals surface area (Å²) >= 11 is 0. The molecule has 6 heteroatoms. The Labute approximate surface area is 122 Å². The minimum absolute atomic E-state index is 0.490. The molecule has 0 radical (unpaired) electrons. The van der Waals surface area contributed by atoms with Gasteiger partial charge in [-0.2, -0.15) is 0 Å². The second-order valence-electron chi connectivity index (χ2n) is 5.71. The lowest BCUT2D eigenvalue weighted by atomic mass is 10.1. The topological polar surface area (TPSA) is 91.4 Å². The zero-order valence-corrected chi connectivity index (χ0v) is 12.1. The standard InChI is InChI=1S/C15H18N2O4/c1-15(2,3)21-14(20)17-12(13(18)19)10-8-16-11-7-5-4-6-9(10)11/h4-8,12,16H,1-3H3,(H,17,20)(H,18,19). The zero-order valence-electron chi connectivity index (χ0n) is 12.1. The van der Waals surface area contributed by atoms with Crippen molar-refractivity contribution in [2.45, 2.75) is 32.4 Å². The van der Waals surface area contributed by atoms with Gasteiger partial charge in [-0.05, 0) is 26.8 Å². The Bertz CT molecular complexity index is 670. The number of carboxylic acid groups (broad SMARTS) is 1. The lowest BCUT2D eigenvalue weighted by Gasteiger charge is -2.21. The van der Waals surface area contributed by atoms with E-state index in [4.69, 9.17) is 4.74 Å². The molecule has 1 atom stereocenters. The van der Waals surface area contributed by atoms with E-state index in [-0.39, 0.29) is 0 Å². The molecular weight excluding hydrogens is 272 g/mol. The molecular formula is C15H18N2O4. The molecule has 0 aliphatic carbocycles. The zero-order chi connectivity index (χ0) is 15.6. The number of rotatable bonds is 3. The Morgan fingerprint density at radius 3 is 2.57 bits per heavy atom. The van der Waals surface area contributed by atoms with E-state index >= 15 is 0 Å². The fourth-order valence-electron chi connectivity index (χ4n) is 2.03. The summed E-state index contributed by atoms with van der Waals surface area (Å²) in [5.41, 5.74) is 0.613. The number of benzene rings is 1. The fourth-order valence-corrected chi connectivity index (χ4v) is 2.03. The molecule has 0 aliphatic rings. The molecule has 1 heterocycles. The van der Waals surface area contributed by atoms with Crippen molar-refractivity contribution in [1.29, 1.82) is 0 Å². The van der Waals surface area contributed by atoms with Gasteiger partial charge in [0.1, 0.15) is 5.60 Å². The summed E-state index contributed by atoms with van der Waals surface area (Å²) in [5.74, 6) is -1.15. The van der Waals surface area contributed by atoms with Gasteiger partial charge in [-0.1, -0.05) is 18.2 Å². The first-order valence-electron chi connectivity index (χ1n) is 6.56. The third-order valence-corrected chi connectivity index (χ3v) is 2.84. The van der Waals surface area contributed by atoms with Crippen LogP contribution in [0.3, 0.4) is 0 Å². The summed E-state index contributed by atoms with van der Waals surface area (Å²) in [6.45, 7) is 5.15. The van der Waals surface area contributed by atoms with Crippen molar-refractivity contribution in [3.8, 4) is 0 Å². The van der Waals surface area contributed by atoms with E-state index in [9.17, 15) is 14.7 Å². The van der Waals surface area contributed by atoms with Crippen molar-refractivity contribution in [2.75, 3.05) is 0 Å². The minimum atomic E-state index is -1.17. The summed E-state index contributed by atoms with van der Waals surface area (Å²) in [6, 6.07) is 6.13. The number of para-hydroxylation sites is 1. The van der Waals surface area contributed by atoms with Gasteiger partial charge in [-0.25, -0.2) is 9.59 Å². The van der Waals surface area contributed by atoms with Crippen LogP contribution in [0, 0.1) is 0 Å². The van der Waals surface area contributed by atoms with E-state index in [2.05, 4.69) is 10.3 Å². The Morgan fingerprint density at radius 1 is 1.29 bits per heavy atom. The predicted octanol–water partition coefficient (Wildman–Crippen LogP) is 2.82. The highest BCUT2D eigenvalue weighted by atomic mass is 16.6. The number of carbonyl (C=O) groups is 2. The quantitative estimate of drug-likeness (QED) is 0.810. The number of carbonyl (C=O) groups excluding carboxylic acids is 1. The number of nitrogens with one attached hydrogen (secondary N) is 2. The predicted molar refractivity (Wildman–Crippen MR) is 78.0 cm³/mol. The first kappa shape index (κ1) is 14.9. The van der Waals surface area contributed by atoms with Crippen LogP contribution in [0.25, 0.3) is 10.9 Å². The number of carboxylic acids is 1. The van der Waals surface area contributed by atoms with Gasteiger partial charge in [0.2, 0.25) is 0 Å². The largest absolute Gasteiger partial charge is 0.479 e. The number of hydrogen-bond acceptors (Lipinski definition) is 3. The Kier molecular flexibility index (Phi) is 3.88. The number of H-pyrrole nitrogens is 1. The molecule has 0 fully saturated rings. The summed E-state index contributed by atoms with van der Waals surface area (Å²) < 4.78 is 5.10. The maximum absolute atomic E-state index is 11.8. The van der Waals surface area contributed by atoms with Crippen LogP contribution >= 0.6 is 0 Å². The number of fused-ring (bicyclic) bond motifs is 1. The molecule has 112 valence electrons. The first-order chi connectivity index (χ1) is 9.78. The second-order valence-corrected chi connectivity index (χ2v) is 5.71. The second kappa shape index (κ2) is 5.47. The number of ether oxygens (including phenoxy) is 1. The van der Waals surface area contributed by atoms with Crippen LogP contribution < -0.4 is 5.32 Å². The fraction of sp³-hybridized carbons (Fsp3) is 0.333. The average Bonchev–Trinajstić information content (AvgIpc) is 2.77. The maximum Gasteiger partial charge on any atom is 0.408 e. The van der Waals surface area contributed by atoms with Crippen molar-refractivity contribution in [3.05, 3.63) is 36.0 Å². The van der Waals surface area contributed by atoms with Crippen molar-refractivity contribution >= 4 is 23.0 Å². The molecule has 3 N–H and O–H groups in total. The molecule has 0 saturated carbocycles. The van der Waals surface area contributed by atoms with E-state index in [1.54, 1.807) is 33.0 Å². The molecule has 2 aromatic rings. The third-order valence-electron chi connectivity index (χ3n) is 2.84. The summed E-state index contributed by atoms with van der Waals surface area (Å²) in [4.78, 5) is 26.2. The van der Waals surface area contributed by atoms with E-state index in [1.807, 2.05) is 18.2 Å². The van der Waals surface area contributed by atoms with Crippen LogP contribution in [0.15, 0.2) is 30.5 Å². The van der Waals surface area contributed by atoms with Gasteiger partial charge in [-0.15, -0.1) is 0 Å². The normalized spacial score (nSPS) is 12.9. The van der Waals surface area contributed by atoms with E-state index in [0.717, 1.165) is 10.9 Å². The van der Waals surface area contributed by atoms with Crippen molar-refractivity contribution < 1.29 is 19.4 Å². The van der Waals surface area contributed by atoms with Gasteiger partial charge in [0, 0.05) is 22.7 Å². The van der Waals surface area contributed by atoms with Crippen LogP contribution in [0.2, 0.25) is 0 Å². The van der Waals surface area contributed by atoms with Crippen molar-refractivity contribution in [2.24, 2.45) is 0 Å². The highest BCUT2D eigenvalue weighted by Crippen LogP contribution is 2.24. The molecule has 1 aromatic heterocycles. The van der Waals surface area contributed by atoms with Crippen LogP contribution in [0.5, 0.6) is 0 Å². The van der Waals surface area contributed by atoms with Crippen molar-refractivity contribution in [3.63, 3.8) is 0 Å². The molecule has 0 saturated heterocycles. The third kappa shape index (κ3) is 3.53. The lowest BCUT2D eigenvalue weighted by Crippen LogP contribution is -2.38. The average molecular weight is 290 g/mol. The van der Waals surface area contributed by atoms with Crippen LogP contribution in [0.1, 0.15) is 32.4 Å². The summed E-state index contributed by atoms with van der Waals surface area (Å²) in [5, 5.41) is 12.5. The Hall–Kier alpha value is -2.50. The lowest BCUT2D eigenvalue weighted by molar-refractivity contribution is -0.139. The molecule has 1 unspecified atom stereocenters. The molecule has 1 aromatic carbocycles. The van der Waals surface area contributed by atoms with Crippen molar-refractivity contribution in [1.82, 2.24) is 10.3 Å². The molecule has 6 nitrogen and oxygen atoms in total. The van der Waals surface area contributed by atoms with E-state index in [1.165, 1.54) is 0 Å². The maximum atomic E-state index is 11.8. The molecule has 1 amide bonds.